The van der Waals surface area contributed by atoms with Gasteiger partial charge in [-0.3, -0.25) is 9.59 Å². The van der Waals surface area contributed by atoms with Crippen molar-refractivity contribution >= 4 is 11.8 Å². The number of carbonyl (C=O) groups excluding carboxylic acids is 2. The molecular formula is C24H32N2O3. The van der Waals surface area contributed by atoms with Gasteiger partial charge in [0.15, 0.2) is 0 Å². The second-order valence-corrected chi connectivity index (χ2v) is 9.24. The molecule has 4 aliphatic rings. The maximum Gasteiger partial charge on any atom is 0.254 e. The topological polar surface area (TPSA) is 49.9 Å². The number of carbonyl (C=O) groups is 2. The number of fused-ring (bicyclic) bond motifs is 1. The van der Waals surface area contributed by atoms with Crippen LogP contribution in [0.5, 0.6) is 0 Å². The van der Waals surface area contributed by atoms with E-state index in [1.807, 2.05) is 29.2 Å². The summed E-state index contributed by atoms with van der Waals surface area (Å²) in [7, 11) is 0. The largest absolute Gasteiger partial charge is 0.378 e. The van der Waals surface area contributed by atoms with Crippen LogP contribution < -0.4 is 0 Å². The molecule has 156 valence electrons. The van der Waals surface area contributed by atoms with Crippen LogP contribution in [0.2, 0.25) is 0 Å². The summed E-state index contributed by atoms with van der Waals surface area (Å²) >= 11 is 0. The van der Waals surface area contributed by atoms with E-state index in [-0.39, 0.29) is 29.3 Å². The van der Waals surface area contributed by atoms with Crippen LogP contribution in [-0.4, -0.2) is 59.5 Å². The van der Waals surface area contributed by atoms with E-state index in [0.717, 1.165) is 49.7 Å². The first-order valence-corrected chi connectivity index (χ1v) is 11.5. The number of hydrogen-bond acceptors (Lipinski definition) is 3. The van der Waals surface area contributed by atoms with Crippen molar-refractivity contribution in [3.8, 4) is 0 Å². The Labute approximate surface area is 173 Å². The Balaban J connectivity index is 1.64. The third-order valence-electron chi connectivity index (χ3n) is 7.72. The lowest BCUT2D eigenvalue weighted by molar-refractivity contribution is -0.142. The molecule has 0 N–H and O–H groups in total. The molecule has 1 spiro atoms. The molecule has 2 saturated carbocycles. The number of benzene rings is 1. The van der Waals surface area contributed by atoms with Gasteiger partial charge in [-0.25, -0.2) is 0 Å². The Morgan fingerprint density at radius 3 is 2.38 bits per heavy atom. The molecule has 3 fully saturated rings. The highest BCUT2D eigenvalue weighted by Crippen LogP contribution is 2.52. The van der Waals surface area contributed by atoms with Crippen LogP contribution in [0.25, 0.3) is 0 Å². The van der Waals surface area contributed by atoms with Crippen molar-refractivity contribution in [1.29, 1.82) is 0 Å². The summed E-state index contributed by atoms with van der Waals surface area (Å²) in [5.41, 5.74) is 1.36. The SMILES string of the molecule is O=C([C@@H]1c2ccccc2C(=O)N(C2CCCC2)C12CCCCC2)N1CCOCC1. The van der Waals surface area contributed by atoms with Crippen LogP contribution >= 0.6 is 0 Å². The first-order chi connectivity index (χ1) is 14.2. The highest BCUT2D eigenvalue weighted by molar-refractivity contribution is 6.02. The highest BCUT2D eigenvalue weighted by Gasteiger charge is 2.57. The number of amides is 2. The smallest absolute Gasteiger partial charge is 0.254 e. The Bertz CT molecular complexity index is 774. The number of rotatable bonds is 2. The fourth-order valence-electron chi connectivity index (χ4n) is 6.42. The van der Waals surface area contributed by atoms with Gasteiger partial charge >= 0.3 is 0 Å². The van der Waals surface area contributed by atoms with Gasteiger partial charge in [0, 0.05) is 24.7 Å². The number of nitrogens with zero attached hydrogens (tertiary/aromatic N) is 2. The number of morpholine rings is 1. The summed E-state index contributed by atoms with van der Waals surface area (Å²) in [4.78, 5) is 32.0. The van der Waals surface area contributed by atoms with Crippen LogP contribution in [0.4, 0.5) is 0 Å². The Morgan fingerprint density at radius 1 is 0.966 bits per heavy atom. The van der Waals surface area contributed by atoms with E-state index in [1.54, 1.807) is 0 Å². The zero-order valence-electron chi connectivity index (χ0n) is 17.3. The molecule has 1 aromatic carbocycles. The van der Waals surface area contributed by atoms with Gasteiger partial charge in [-0.15, -0.1) is 0 Å². The van der Waals surface area contributed by atoms with Crippen molar-refractivity contribution in [1.82, 2.24) is 9.80 Å². The summed E-state index contributed by atoms with van der Waals surface area (Å²) in [6, 6.07) is 8.20. The third kappa shape index (κ3) is 3.09. The van der Waals surface area contributed by atoms with E-state index in [0.29, 0.717) is 26.3 Å². The van der Waals surface area contributed by atoms with E-state index in [2.05, 4.69) is 4.90 Å². The Kier molecular flexibility index (Phi) is 5.10. The van der Waals surface area contributed by atoms with Crippen molar-refractivity contribution in [3.05, 3.63) is 35.4 Å². The van der Waals surface area contributed by atoms with Crippen molar-refractivity contribution in [3.63, 3.8) is 0 Å². The van der Waals surface area contributed by atoms with Gasteiger partial charge in [0.05, 0.1) is 24.7 Å². The normalized spacial score (nSPS) is 27.3. The van der Waals surface area contributed by atoms with Crippen LogP contribution in [0.15, 0.2) is 24.3 Å². The summed E-state index contributed by atoms with van der Waals surface area (Å²) in [6.07, 6.45) is 9.84. The molecule has 1 atom stereocenters. The Morgan fingerprint density at radius 2 is 1.66 bits per heavy atom. The maximum absolute atomic E-state index is 14.0. The summed E-state index contributed by atoms with van der Waals surface area (Å²) in [6.45, 7) is 2.53. The predicted octanol–water partition coefficient (Wildman–Crippen LogP) is 3.73. The van der Waals surface area contributed by atoms with Crippen LogP contribution in [0.3, 0.4) is 0 Å². The first-order valence-electron chi connectivity index (χ1n) is 11.5. The average molecular weight is 397 g/mol. The lowest BCUT2D eigenvalue weighted by Crippen LogP contribution is -2.65. The summed E-state index contributed by atoms with van der Waals surface area (Å²) in [5, 5.41) is 0. The molecular weight excluding hydrogens is 364 g/mol. The molecule has 1 aromatic rings. The van der Waals surface area contributed by atoms with Crippen molar-refractivity contribution in [2.24, 2.45) is 0 Å². The highest BCUT2D eigenvalue weighted by atomic mass is 16.5. The van der Waals surface area contributed by atoms with Crippen LogP contribution in [-0.2, 0) is 9.53 Å². The number of ether oxygens (including phenoxy) is 1. The van der Waals surface area contributed by atoms with Crippen molar-refractivity contribution in [2.45, 2.75) is 75.3 Å². The molecule has 5 nitrogen and oxygen atoms in total. The quantitative estimate of drug-likeness (QED) is 0.765. The average Bonchev–Trinajstić information content (AvgIpc) is 3.29. The van der Waals surface area contributed by atoms with Crippen molar-refractivity contribution < 1.29 is 14.3 Å². The van der Waals surface area contributed by atoms with Crippen LogP contribution in [0, 0.1) is 0 Å². The van der Waals surface area contributed by atoms with Gasteiger partial charge in [-0.1, -0.05) is 50.3 Å². The zero-order chi connectivity index (χ0) is 19.8. The standard InChI is InChI=1S/C24H32N2O3/c27-22-20-11-5-4-10-19(20)21(23(28)25-14-16-29-17-15-25)24(12-6-1-7-13-24)26(22)18-8-2-3-9-18/h4-5,10-11,18,21H,1-3,6-9,12-17H2/t21-/m0/s1. The van der Waals surface area contributed by atoms with Crippen LogP contribution in [0.1, 0.15) is 79.6 Å². The minimum absolute atomic E-state index is 0.167. The molecule has 0 unspecified atom stereocenters. The third-order valence-corrected chi connectivity index (χ3v) is 7.72. The van der Waals surface area contributed by atoms with E-state index < -0.39 is 0 Å². The molecule has 2 aliphatic carbocycles. The second-order valence-electron chi connectivity index (χ2n) is 9.24. The molecule has 0 radical (unpaired) electrons. The lowest BCUT2D eigenvalue weighted by Gasteiger charge is -2.56. The molecule has 29 heavy (non-hydrogen) atoms. The van der Waals surface area contributed by atoms with Gasteiger partial charge in [0.1, 0.15) is 0 Å². The molecule has 2 amide bonds. The first kappa shape index (κ1) is 19.1. The fourth-order valence-corrected chi connectivity index (χ4v) is 6.42. The minimum atomic E-state index is -0.353. The van der Waals surface area contributed by atoms with E-state index >= 15 is 0 Å². The van der Waals surface area contributed by atoms with Gasteiger partial charge in [-0.2, -0.15) is 0 Å². The monoisotopic (exact) mass is 396 g/mol. The molecule has 0 bridgehead atoms. The van der Waals surface area contributed by atoms with E-state index in [1.165, 1.54) is 19.3 Å². The minimum Gasteiger partial charge on any atom is -0.378 e. The van der Waals surface area contributed by atoms with Gasteiger partial charge in [0.2, 0.25) is 5.91 Å². The fraction of sp³-hybridized carbons (Fsp3) is 0.667. The molecule has 5 heteroatoms. The van der Waals surface area contributed by atoms with Gasteiger partial charge in [0.25, 0.3) is 5.91 Å². The number of hydrogen-bond donors (Lipinski definition) is 0. The second kappa shape index (κ2) is 7.75. The summed E-state index contributed by atoms with van der Waals surface area (Å²) < 4.78 is 5.50. The lowest BCUT2D eigenvalue weighted by atomic mass is 9.64. The molecule has 1 saturated heterocycles. The Hall–Kier alpha value is -1.88. The van der Waals surface area contributed by atoms with Gasteiger partial charge < -0.3 is 14.5 Å². The van der Waals surface area contributed by atoms with E-state index in [9.17, 15) is 9.59 Å². The maximum atomic E-state index is 14.0. The van der Waals surface area contributed by atoms with E-state index in [4.69, 9.17) is 4.74 Å². The zero-order valence-corrected chi connectivity index (χ0v) is 17.3. The molecule has 0 aromatic heterocycles. The predicted molar refractivity (Wildman–Crippen MR) is 111 cm³/mol. The molecule has 2 aliphatic heterocycles. The summed E-state index contributed by atoms with van der Waals surface area (Å²) in [5.74, 6) is 0.133. The van der Waals surface area contributed by atoms with Gasteiger partial charge in [-0.05, 0) is 37.3 Å². The molecule has 5 rings (SSSR count). The van der Waals surface area contributed by atoms with Crippen molar-refractivity contribution in [2.75, 3.05) is 26.3 Å². The molecule has 2 heterocycles.